The van der Waals surface area contributed by atoms with Crippen LogP contribution in [0, 0.1) is 0 Å². The number of rotatable bonds is 6. The van der Waals surface area contributed by atoms with E-state index >= 15 is 0 Å². The zero-order valence-electron chi connectivity index (χ0n) is 17.2. The molecule has 0 saturated carbocycles. The highest BCUT2D eigenvalue weighted by molar-refractivity contribution is 5.98. The Bertz CT molecular complexity index is 1070. The van der Waals surface area contributed by atoms with E-state index in [1.54, 1.807) is 52.8 Å². The smallest absolute Gasteiger partial charge is 0.254 e. The highest BCUT2D eigenvalue weighted by Crippen LogP contribution is 2.23. The van der Waals surface area contributed by atoms with Gasteiger partial charge in [0.05, 0.1) is 0 Å². The minimum absolute atomic E-state index is 0.0529. The van der Waals surface area contributed by atoms with Gasteiger partial charge in [0.15, 0.2) is 0 Å². The Balaban J connectivity index is 1.63. The lowest BCUT2D eigenvalue weighted by atomic mass is 9.97. The molecule has 2 aromatic heterocycles. The molecule has 0 N–H and O–H groups in total. The molecule has 156 valence electrons. The van der Waals surface area contributed by atoms with Crippen LogP contribution in [0.25, 0.3) is 11.1 Å². The second-order valence-corrected chi connectivity index (χ2v) is 7.46. The highest BCUT2D eigenvalue weighted by atomic mass is 16.2. The van der Waals surface area contributed by atoms with Crippen molar-refractivity contribution in [3.05, 3.63) is 97.1 Å². The first-order chi connectivity index (χ1) is 15.2. The minimum Gasteiger partial charge on any atom is -0.335 e. The molecule has 3 heterocycles. The summed E-state index contributed by atoms with van der Waals surface area (Å²) in [5.41, 5.74) is 3.65. The van der Waals surface area contributed by atoms with Crippen LogP contribution < -0.4 is 0 Å². The van der Waals surface area contributed by atoms with E-state index in [9.17, 15) is 9.59 Å². The standard InChI is InChI=1S/C25H24N4O2/c1-2-14-28-15-16-29(24(30)21-8-12-27-13-9-21)23(25(28)31)18-19-4-3-5-22(17-19)20-6-10-26-11-7-20/h2-13,17,23H,1,14-16,18H2. The average Bonchev–Trinajstić information content (AvgIpc) is 2.83. The van der Waals surface area contributed by atoms with Gasteiger partial charge in [0, 0.05) is 56.4 Å². The Labute approximate surface area is 181 Å². The lowest BCUT2D eigenvalue weighted by Gasteiger charge is -2.40. The van der Waals surface area contributed by atoms with Crippen molar-refractivity contribution in [2.45, 2.75) is 12.5 Å². The number of piperazine rings is 1. The predicted octanol–water partition coefficient (Wildman–Crippen LogP) is 3.23. The number of hydrogen-bond donors (Lipinski definition) is 0. The number of pyridine rings is 2. The molecule has 31 heavy (non-hydrogen) atoms. The maximum absolute atomic E-state index is 13.3. The van der Waals surface area contributed by atoms with Crippen molar-refractivity contribution in [3.63, 3.8) is 0 Å². The Kier molecular flexibility index (Phi) is 6.17. The van der Waals surface area contributed by atoms with Gasteiger partial charge in [0.25, 0.3) is 5.91 Å². The van der Waals surface area contributed by atoms with Gasteiger partial charge in [0.1, 0.15) is 6.04 Å². The third-order valence-electron chi connectivity index (χ3n) is 5.49. The summed E-state index contributed by atoms with van der Waals surface area (Å²) < 4.78 is 0. The first-order valence-electron chi connectivity index (χ1n) is 10.3. The predicted molar refractivity (Wildman–Crippen MR) is 119 cm³/mol. The third kappa shape index (κ3) is 4.53. The van der Waals surface area contributed by atoms with E-state index in [1.165, 1.54) is 0 Å². The van der Waals surface area contributed by atoms with E-state index in [-0.39, 0.29) is 11.8 Å². The van der Waals surface area contributed by atoms with Crippen molar-refractivity contribution in [3.8, 4) is 11.1 Å². The van der Waals surface area contributed by atoms with E-state index < -0.39 is 6.04 Å². The lowest BCUT2D eigenvalue weighted by Crippen LogP contribution is -2.59. The second kappa shape index (κ2) is 9.34. The zero-order chi connectivity index (χ0) is 21.6. The molecule has 0 radical (unpaired) electrons. The molecule has 0 spiro atoms. The van der Waals surface area contributed by atoms with E-state index in [1.807, 2.05) is 30.3 Å². The Hall–Kier alpha value is -3.80. The maximum atomic E-state index is 13.3. The molecule has 4 rings (SSSR count). The fourth-order valence-corrected chi connectivity index (χ4v) is 3.92. The van der Waals surface area contributed by atoms with Crippen molar-refractivity contribution >= 4 is 11.8 Å². The molecule has 0 bridgehead atoms. The van der Waals surface area contributed by atoms with Crippen molar-refractivity contribution in [1.82, 2.24) is 19.8 Å². The molecule has 1 unspecified atom stereocenters. The van der Waals surface area contributed by atoms with E-state index in [4.69, 9.17) is 0 Å². The van der Waals surface area contributed by atoms with Gasteiger partial charge in [-0.25, -0.2) is 0 Å². The summed E-state index contributed by atoms with van der Waals surface area (Å²) in [5.74, 6) is -0.202. The van der Waals surface area contributed by atoms with Gasteiger partial charge in [-0.1, -0.05) is 30.3 Å². The summed E-state index contributed by atoms with van der Waals surface area (Å²) in [4.78, 5) is 38.0. The number of hydrogen-bond acceptors (Lipinski definition) is 4. The van der Waals surface area contributed by atoms with E-state index in [2.05, 4.69) is 22.6 Å². The lowest BCUT2D eigenvalue weighted by molar-refractivity contribution is -0.139. The molecule has 6 nitrogen and oxygen atoms in total. The molecule has 1 aliphatic heterocycles. The van der Waals surface area contributed by atoms with Crippen LogP contribution in [0.15, 0.2) is 86.0 Å². The normalized spacial score (nSPS) is 16.3. The molecule has 1 fully saturated rings. The number of carbonyl (C=O) groups is 2. The summed E-state index contributed by atoms with van der Waals surface area (Å²) >= 11 is 0. The van der Waals surface area contributed by atoms with Crippen LogP contribution in [0.3, 0.4) is 0 Å². The largest absolute Gasteiger partial charge is 0.335 e. The van der Waals surface area contributed by atoms with Crippen LogP contribution in [0.5, 0.6) is 0 Å². The molecule has 0 aliphatic carbocycles. The number of amides is 2. The molecule has 2 amide bonds. The molecular weight excluding hydrogens is 388 g/mol. The van der Waals surface area contributed by atoms with Crippen LogP contribution in [0.2, 0.25) is 0 Å². The van der Waals surface area contributed by atoms with Gasteiger partial charge in [-0.2, -0.15) is 0 Å². The highest BCUT2D eigenvalue weighted by Gasteiger charge is 2.37. The van der Waals surface area contributed by atoms with Crippen LogP contribution in [-0.2, 0) is 11.2 Å². The zero-order valence-corrected chi connectivity index (χ0v) is 17.2. The van der Waals surface area contributed by atoms with Crippen LogP contribution >= 0.6 is 0 Å². The third-order valence-corrected chi connectivity index (χ3v) is 5.49. The summed E-state index contributed by atoms with van der Waals surface area (Å²) in [6.45, 7) is 5.21. The van der Waals surface area contributed by atoms with Crippen molar-refractivity contribution in [2.75, 3.05) is 19.6 Å². The molecule has 1 aromatic carbocycles. The molecule has 1 atom stereocenters. The summed E-state index contributed by atoms with van der Waals surface area (Å²) in [6.07, 6.45) is 8.87. The van der Waals surface area contributed by atoms with Gasteiger partial charge in [-0.05, 0) is 41.0 Å². The molecule has 3 aromatic rings. The Morgan fingerprint density at radius 1 is 1.00 bits per heavy atom. The number of nitrogens with zero attached hydrogens (tertiary/aromatic N) is 4. The maximum Gasteiger partial charge on any atom is 0.254 e. The van der Waals surface area contributed by atoms with Crippen molar-refractivity contribution in [1.29, 1.82) is 0 Å². The van der Waals surface area contributed by atoms with Gasteiger partial charge >= 0.3 is 0 Å². The summed E-state index contributed by atoms with van der Waals surface area (Å²) in [6, 6.07) is 14.8. The average molecular weight is 412 g/mol. The van der Waals surface area contributed by atoms with Crippen LogP contribution in [0.4, 0.5) is 0 Å². The Morgan fingerprint density at radius 2 is 1.71 bits per heavy atom. The fourth-order valence-electron chi connectivity index (χ4n) is 3.92. The number of benzene rings is 1. The summed E-state index contributed by atoms with van der Waals surface area (Å²) in [7, 11) is 0. The topological polar surface area (TPSA) is 66.4 Å². The monoisotopic (exact) mass is 412 g/mol. The van der Waals surface area contributed by atoms with E-state index in [0.717, 1.165) is 16.7 Å². The number of aromatic nitrogens is 2. The van der Waals surface area contributed by atoms with Crippen LogP contribution in [0.1, 0.15) is 15.9 Å². The van der Waals surface area contributed by atoms with Crippen molar-refractivity contribution < 1.29 is 9.59 Å². The van der Waals surface area contributed by atoms with Gasteiger partial charge in [-0.15, -0.1) is 6.58 Å². The molecule has 6 heteroatoms. The molecule has 1 aliphatic rings. The first-order valence-corrected chi connectivity index (χ1v) is 10.3. The Morgan fingerprint density at radius 3 is 2.42 bits per heavy atom. The van der Waals surface area contributed by atoms with Crippen molar-refractivity contribution in [2.24, 2.45) is 0 Å². The SMILES string of the molecule is C=CCN1CCN(C(=O)c2ccncc2)C(Cc2cccc(-c3ccncc3)c2)C1=O. The summed E-state index contributed by atoms with van der Waals surface area (Å²) in [5, 5.41) is 0. The van der Waals surface area contributed by atoms with Gasteiger partial charge in [0.2, 0.25) is 5.91 Å². The second-order valence-electron chi connectivity index (χ2n) is 7.46. The molecule has 1 saturated heterocycles. The fraction of sp³-hybridized carbons (Fsp3) is 0.200. The molecular formula is C25H24N4O2. The van der Waals surface area contributed by atoms with Gasteiger partial charge < -0.3 is 9.80 Å². The van der Waals surface area contributed by atoms with Crippen LogP contribution in [-0.4, -0.2) is 57.3 Å². The van der Waals surface area contributed by atoms with E-state index in [0.29, 0.717) is 31.6 Å². The van der Waals surface area contributed by atoms with Gasteiger partial charge in [-0.3, -0.25) is 19.6 Å². The first kappa shape index (κ1) is 20.5. The number of carbonyl (C=O) groups excluding carboxylic acids is 2. The minimum atomic E-state index is -0.568. The quantitative estimate of drug-likeness (QED) is 0.583.